The van der Waals surface area contributed by atoms with Crippen molar-refractivity contribution in [2.45, 2.75) is 32.7 Å². The molecule has 1 N–H and O–H groups in total. The minimum absolute atomic E-state index is 0.604. The first kappa shape index (κ1) is 10.8. The fourth-order valence-electron chi connectivity index (χ4n) is 1.96. The second-order valence-corrected chi connectivity index (χ2v) is 4.51. The molecule has 0 radical (unpaired) electrons. The van der Waals surface area contributed by atoms with E-state index in [4.69, 9.17) is 0 Å². The number of hydrogen-bond donors (Lipinski definition) is 1. The van der Waals surface area contributed by atoms with E-state index in [2.05, 4.69) is 33.4 Å². The summed E-state index contributed by atoms with van der Waals surface area (Å²) in [7, 11) is 0. The number of anilines is 1. The van der Waals surface area contributed by atoms with Crippen molar-refractivity contribution in [1.29, 1.82) is 0 Å². The average molecular weight is 226 g/mol. The molecule has 2 heterocycles. The SMILES string of the molecule is CCc1nsc(N(CC)C2CCNC2)n1. The number of nitrogens with one attached hydrogen (secondary N) is 1. The molecule has 1 aliphatic rings. The van der Waals surface area contributed by atoms with Gasteiger partial charge in [0.25, 0.3) is 0 Å². The van der Waals surface area contributed by atoms with Gasteiger partial charge >= 0.3 is 0 Å². The highest BCUT2D eigenvalue weighted by atomic mass is 32.1. The fraction of sp³-hybridized carbons (Fsp3) is 0.800. The molecule has 0 aliphatic carbocycles. The minimum atomic E-state index is 0.604. The molecule has 84 valence electrons. The standard InChI is InChI=1S/C10H18N4S/c1-3-9-12-10(15-13-9)14(4-2)8-5-6-11-7-8/h8,11H,3-7H2,1-2H3. The van der Waals surface area contributed by atoms with Crippen LogP contribution in [0.15, 0.2) is 0 Å². The van der Waals surface area contributed by atoms with Crippen molar-refractivity contribution >= 4 is 16.7 Å². The van der Waals surface area contributed by atoms with Crippen molar-refractivity contribution < 1.29 is 0 Å². The molecule has 0 bridgehead atoms. The van der Waals surface area contributed by atoms with Gasteiger partial charge in [0, 0.05) is 37.1 Å². The zero-order valence-electron chi connectivity index (χ0n) is 9.36. The van der Waals surface area contributed by atoms with Crippen LogP contribution >= 0.6 is 11.5 Å². The summed E-state index contributed by atoms with van der Waals surface area (Å²) >= 11 is 1.53. The Bertz CT molecular complexity index is 306. The maximum atomic E-state index is 4.55. The van der Waals surface area contributed by atoms with Crippen molar-refractivity contribution in [3.05, 3.63) is 5.82 Å². The summed E-state index contributed by atoms with van der Waals surface area (Å²) in [5.41, 5.74) is 0. The largest absolute Gasteiger partial charge is 0.343 e. The van der Waals surface area contributed by atoms with Gasteiger partial charge in [-0.25, -0.2) is 4.98 Å². The zero-order valence-corrected chi connectivity index (χ0v) is 10.2. The lowest BCUT2D eigenvalue weighted by Gasteiger charge is -2.25. The average Bonchev–Trinajstić information content (AvgIpc) is 2.89. The molecule has 2 rings (SSSR count). The van der Waals surface area contributed by atoms with Crippen LogP contribution in [0.4, 0.5) is 5.13 Å². The van der Waals surface area contributed by atoms with E-state index in [-0.39, 0.29) is 0 Å². The third kappa shape index (κ3) is 2.29. The lowest BCUT2D eigenvalue weighted by atomic mass is 10.2. The van der Waals surface area contributed by atoms with Crippen LogP contribution < -0.4 is 10.2 Å². The second kappa shape index (κ2) is 4.90. The third-order valence-electron chi connectivity index (χ3n) is 2.84. The van der Waals surface area contributed by atoms with Crippen LogP contribution in [0.5, 0.6) is 0 Å². The van der Waals surface area contributed by atoms with Crippen molar-refractivity contribution in [2.24, 2.45) is 0 Å². The molecule has 0 spiro atoms. The highest BCUT2D eigenvalue weighted by Gasteiger charge is 2.23. The summed E-state index contributed by atoms with van der Waals surface area (Å²) in [4.78, 5) is 6.92. The van der Waals surface area contributed by atoms with Crippen LogP contribution in [0, 0.1) is 0 Å². The molecule has 1 aromatic heterocycles. The van der Waals surface area contributed by atoms with E-state index >= 15 is 0 Å². The maximum Gasteiger partial charge on any atom is 0.205 e. The first-order valence-corrected chi connectivity index (χ1v) is 6.42. The lowest BCUT2D eigenvalue weighted by molar-refractivity contribution is 0.645. The highest BCUT2D eigenvalue weighted by Crippen LogP contribution is 2.22. The van der Waals surface area contributed by atoms with E-state index < -0.39 is 0 Å². The summed E-state index contributed by atoms with van der Waals surface area (Å²) < 4.78 is 4.34. The van der Waals surface area contributed by atoms with Gasteiger partial charge in [-0.1, -0.05) is 6.92 Å². The van der Waals surface area contributed by atoms with Crippen molar-refractivity contribution in [3.63, 3.8) is 0 Å². The quantitative estimate of drug-likeness (QED) is 0.840. The van der Waals surface area contributed by atoms with Crippen LogP contribution in [0.25, 0.3) is 0 Å². The monoisotopic (exact) mass is 226 g/mol. The molecule has 1 aromatic rings. The Hall–Kier alpha value is -0.680. The van der Waals surface area contributed by atoms with Crippen LogP contribution in [-0.4, -0.2) is 35.0 Å². The van der Waals surface area contributed by atoms with Gasteiger partial charge in [-0.05, 0) is 19.9 Å². The van der Waals surface area contributed by atoms with Gasteiger partial charge in [0.15, 0.2) is 0 Å². The van der Waals surface area contributed by atoms with E-state index in [9.17, 15) is 0 Å². The summed E-state index contributed by atoms with van der Waals surface area (Å²) in [5, 5.41) is 4.48. The Morgan fingerprint density at radius 1 is 1.53 bits per heavy atom. The first-order chi connectivity index (χ1) is 7.35. The highest BCUT2D eigenvalue weighted by molar-refractivity contribution is 7.09. The van der Waals surface area contributed by atoms with Crippen molar-refractivity contribution in [1.82, 2.24) is 14.7 Å². The Balaban J connectivity index is 2.10. The third-order valence-corrected chi connectivity index (χ3v) is 3.63. The molecule has 1 saturated heterocycles. The predicted octanol–water partition coefficient (Wildman–Crippen LogP) is 1.29. The Morgan fingerprint density at radius 2 is 2.40 bits per heavy atom. The Labute approximate surface area is 94.9 Å². The van der Waals surface area contributed by atoms with E-state index in [0.717, 1.165) is 37.0 Å². The van der Waals surface area contributed by atoms with E-state index in [1.54, 1.807) is 0 Å². The zero-order chi connectivity index (χ0) is 10.7. The van der Waals surface area contributed by atoms with Crippen LogP contribution in [0.2, 0.25) is 0 Å². The van der Waals surface area contributed by atoms with Crippen molar-refractivity contribution in [3.8, 4) is 0 Å². The summed E-state index contributed by atoms with van der Waals surface area (Å²) in [6, 6.07) is 0.604. The summed E-state index contributed by atoms with van der Waals surface area (Å²) in [5.74, 6) is 0.972. The van der Waals surface area contributed by atoms with E-state index in [1.165, 1.54) is 18.0 Å². The van der Waals surface area contributed by atoms with Gasteiger partial charge in [0.2, 0.25) is 5.13 Å². The molecule has 1 atom stereocenters. The van der Waals surface area contributed by atoms with Crippen LogP contribution in [0.3, 0.4) is 0 Å². The Kier molecular flexibility index (Phi) is 3.53. The predicted molar refractivity (Wildman–Crippen MR) is 63.6 cm³/mol. The van der Waals surface area contributed by atoms with Gasteiger partial charge in [-0.15, -0.1) is 0 Å². The molecule has 5 heteroatoms. The lowest BCUT2D eigenvalue weighted by Crippen LogP contribution is -2.36. The molecular weight excluding hydrogens is 208 g/mol. The maximum absolute atomic E-state index is 4.55. The molecule has 0 amide bonds. The summed E-state index contributed by atoms with van der Waals surface area (Å²) in [6.07, 6.45) is 2.14. The number of aromatic nitrogens is 2. The normalized spacial score (nSPS) is 20.8. The smallest absolute Gasteiger partial charge is 0.205 e. The molecule has 15 heavy (non-hydrogen) atoms. The minimum Gasteiger partial charge on any atom is -0.343 e. The fourth-order valence-corrected chi connectivity index (χ4v) is 2.85. The van der Waals surface area contributed by atoms with Gasteiger partial charge in [0.1, 0.15) is 5.82 Å². The number of aryl methyl sites for hydroxylation is 1. The Morgan fingerprint density at radius 3 is 2.93 bits per heavy atom. The molecule has 0 saturated carbocycles. The number of nitrogens with zero attached hydrogens (tertiary/aromatic N) is 3. The van der Waals surface area contributed by atoms with Gasteiger partial charge < -0.3 is 10.2 Å². The van der Waals surface area contributed by atoms with E-state index in [0.29, 0.717) is 6.04 Å². The van der Waals surface area contributed by atoms with E-state index in [1.807, 2.05) is 0 Å². The first-order valence-electron chi connectivity index (χ1n) is 5.65. The van der Waals surface area contributed by atoms with Crippen LogP contribution in [-0.2, 0) is 6.42 Å². The van der Waals surface area contributed by atoms with Crippen molar-refractivity contribution in [2.75, 3.05) is 24.5 Å². The molecule has 1 fully saturated rings. The summed E-state index contributed by atoms with van der Waals surface area (Å²) in [6.45, 7) is 7.50. The number of hydrogen-bond acceptors (Lipinski definition) is 5. The topological polar surface area (TPSA) is 41.1 Å². The van der Waals surface area contributed by atoms with Crippen LogP contribution in [0.1, 0.15) is 26.1 Å². The number of rotatable bonds is 4. The molecular formula is C10H18N4S. The van der Waals surface area contributed by atoms with Gasteiger partial charge in [0.05, 0.1) is 0 Å². The molecule has 0 aromatic carbocycles. The molecule has 4 nitrogen and oxygen atoms in total. The molecule has 1 unspecified atom stereocenters. The second-order valence-electron chi connectivity index (χ2n) is 3.78. The van der Waals surface area contributed by atoms with Gasteiger partial charge in [-0.3, -0.25) is 0 Å². The van der Waals surface area contributed by atoms with Gasteiger partial charge in [-0.2, -0.15) is 4.37 Å². The molecule has 1 aliphatic heterocycles. The number of likely N-dealkylation sites (N-methyl/N-ethyl adjacent to an activating group) is 1.